The predicted molar refractivity (Wildman–Crippen MR) is 60.1 cm³/mol. The van der Waals surface area contributed by atoms with Crippen molar-refractivity contribution in [1.29, 1.82) is 0 Å². The molecule has 0 radical (unpaired) electrons. The molecule has 0 aromatic carbocycles. The molecule has 0 aliphatic rings. The van der Waals surface area contributed by atoms with Crippen LogP contribution in [0.25, 0.3) is 0 Å². The lowest BCUT2D eigenvalue weighted by Gasteiger charge is -2.30. The highest BCUT2D eigenvalue weighted by Crippen LogP contribution is 2.02. The molecule has 0 aliphatic carbocycles. The monoisotopic (exact) mass is 186 g/mol. The Labute approximate surface area is 83.7 Å². The zero-order valence-electron chi connectivity index (χ0n) is 9.93. The minimum atomic E-state index is 0.656. The molecule has 0 saturated carbocycles. The van der Waals surface area contributed by atoms with Gasteiger partial charge in [0.1, 0.15) is 0 Å². The van der Waals surface area contributed by atoms with E-state index in [9.17, 15) is 0 Å². The van der Waals surface area contributed by atoms with Crippen LogP contribution in [0.1, 0.15) is 41.0 Å². The van der Waals surface area contributed by atoms with Crippen molar-refractivity contribution in [1.82, 2.24) is 10.2 Å². The Hall–Kier alpha value is -0.0800. The molecule has 0 amide bonds. The third-order valence-corrected chi connectivity index (χ3v) is 2.30. The first kappa shape index (κ1) is 12.9. The highest BCUT2D eigenvalue weighted by atomic mass is 15.2. The number of hydrogen-bond acceptors (Lipinski definition) is 2. The Morgan fingerprint density at radius 1 is 1.00 bits per heavy atom. The summed E-state index contributed by atoms with van der Waals surface area (Å²) in [7, 11) is 0. The van der Waals surface area contributed by atoms with Crippen molar-refractivity contribution in [3.8, 4) is 0 Å². The van der Waals surface area contributed by atoms with Crippen LogP contribution in [0.4, 0.5) is 0 Å². The molecule has 2 heteroatoms. The lowest BCUT2D eigenvalue weighted by Crippen LogP contribution is -2.41. The quantitative estimate of drug-likeness (QED) is 0.613. The van der Waals surface area contributed by atoms with Crippen molar-refractivity contribution in [2.45, 2.75) is 53.1 Å². The van der Waals surface area contributed by atoms with Crippen LogP contribution >= 0.6 is 0 Å². The van der Waals surface area contributed by atoms with Crippen LogP contribution < -0.4 is 5.32 Å². The van der Waals surface area contributed by atoms with E-state index in [0.717, 1.165) is 19.6 Å². The predicted octanol–water partition coefficient (Wildman–Crippen LogP) is 2.10. The van der Waals surface area contributed by atoms with Crippen molar-refractivity contribution in [2.75, 3.05) is 19.6 Å². The van der Waals surface area contributed by atoms with Crippen LogP contribution in [0, 0.1) is 0 Å². The Bertz CT molecular complexity index is 103. The maximum absolute atomic E-state index is 3.43. The topological polar surface area (TPSA) is 15.3 Å². The van der Waals surface area contributed by atoms with Crippen molar-refractivity contribution in [3.63, 3.8) is 0 Å². The molecule has 0 fully saturated rings. The van der Waals surface area contributed by atoms with Crippen LogP contribution in [0.15, 0.2) is 0 Å². The zero-order valence-corrected chi connectivity index (χ0v) is 9.93. The molecule has 0 aromatic heterocycles. The van der Waals surface area contributed by atoms with Gasteiger partial charge in [-0.2, -0.15) is 0 Å². The fourth-order valence-corrected chi connectivity index (χ4v) is 1.62. The number of rotatable bonds is 7. The smallest absolute Gasteiger partial charge is 0.0112 e. The molecule has 0 aromatic rings. The molecule has 80 valence electrons. The van der Waals surface area contributed by atoms with Crippen LogP contribution in [0.5, 0.6) is 0 Å². The van der Waals surface area contributed by atoms with Gasteiger partial charge in [-0.1, -0.05) is 6.92 Å². The van der Waals surface area contributed by atoms with Crippen LogP contribution in [-0.4, -0.2) is 36.6 Å². The Kier molecular flexibility index (Phi) is 7.29. The molecule has 2 nitrogen and oxygen atoms in total. The van der Waals surface area contributed by atoms with Gasteiger partial charge in [0, 0.05) is 25.2 Å². The van der Waals surface area contributed by atoms with Gasteiger partial charge < -0.3 is 5.32 Å². The zero-order chi connectivity index (χ0) is 10.3. The first-order valence-corrected chi connectivity index (χ1v) is 5.56. The average Bonchev–Trinajstić information content (AvgIpc) is 2.02. The van der Waals surface area contributed by atoms with Crippen molar-refractivity contribution < 1.29 is 0 Å². The summed E-state index contributed by atoms with van der Waals surface area (Å²) in [5, 5.41) is 3.43. The van der Waals surface area contributed by atoms with Crippen LogP contribution in [0.2, 0.25) is 0 Å². The van der Waals surface area contributed by atoms with E-state index in [1.807, 2.05) is 0 Å². The molecule has 0 aliphatic heterocycles. The molecule has 0 spiro atoms. The third-order valence-electron chi connectivity index (χ3n) is 2.30. The summed E-state index contributed by atoms with van der Waals surface area (Å²) in [5.74, 6) is 0. The first-order valence-electron chi connectivity index (χ1n) is 5.56. The van der Waals surface area contributed by atoms with Crippen LogP contribution in [0.3, 0.4) is 0 Å². The molecule has 0 unspecified atom stereocenters. The minimum Gasteiger partial charge on any atom is -0.315 e. The van der Waals surface area contributed by atoms with E-state index in [1.165, 1.54) is 6.42 Å². The standard InChI is InChI=1S/C11H26N2/c1-6-7-12-8-9-13(10(2)3)11(4)5/h10-12H,6-9H2,1-5H3. The molecule has 0 atom stereocenters. The van der Waals surface area contributed by atoms with Gasteiger partial charge in [-0.3, -0.25) is 4.90 Å². The highest BCUT2D eigenvalue weighted by Gasteiger charge is 2.11. The second-order valence-electron chi connectivity index (χ2n) is 4.18. The van der Waals surface area contributed by atoms with Gasteiger partial charge in [0.05, 0.1) is 0 Å². The molecular formula is C11H26N2. The molecule has 0 saturated heterocycles. The van der Waals surface area contributed by atoms with Gasteiger partial charge in [-0.25, -0.2) is 0 Å². The van der Waals surface area contributed by atoms with Crippen molar-refractivity contribution in [2.24, 2.45) is 0 Å². The second kappa shape index (κ2) is 7.34. The Morgan fingerprint density at radius 2 is 1.54 bits per heavy atom. The minimum absolute atomic E-state index is 0.656. The van der Waals surface area contributed by atoms with E-state index >= 15 is 0 Å². The summed E-state index contributed by atoms with van der Waals surface area (Å²) in [6.07, 6.45) is 1.23. The molecule has 0 rings (SSSR count). The fourth-order valence-electron chi connectivity index (χ4n) is 1.62. The molecule has 0 heterocycles. The number of hydrogen-bond donors (Lipinski definition) is 1. The maximum atomic E-state index is 3.43. The second-order valence-corrected chi connectivity index (χ2v) is 4.18. The van der Waals surface area contributed by atoms with Gasteiger partial charge in [-0.05, 0) is 40.7 Å². The van der Waals surface area contributed by atoms with Gasteiger partial charge in [0.15, 0.2) is 0 Å². The van der Waals surface area contributed by atoms with E-state index in [4.69, 9.17) is 0 Å². The van der Waals surface area contributed by atoms with Crippen molar-refractivity contribution in [3.05, 3.63) is 0 Å². The first-order chi connectivity index (χ1) is 6.09. The molecule has 0 bridgehead atoms. The van der Waals surface area contributed by atoms with E-state index in [1.54, 1.807) is 0 Å². The summed E-state index contributed by atoms with van der Waals surface area (Å²) < 4.78 is 0. The maximum Gasteiger partial charge on any atom is 0.0112 e. The van der Waals surface area contributed by atoms with E-state index < -0.39 is 0 Å². The fraction of sp³-hybridized carbons (Fsp3) is 1.00. The SMILES string of the molecule is CCCNCCN(C(C)C)C(C)C. The van der Waals surface area contributed by atoms with Crippen molar-refractivity contribution >= 4 is 0 Å². The normalized spacial score (nSPS) is 12.0. The number of nitrogens with zero attached hydrogens (tertiary/aromatic N) is 1. The lowest BCUT2D eigenvalue weighted by atomic mass is 10.2. The number of nitrogens with one attached hydrogen (secondary N) is 1. The Balaban J connectivity index is 3.58. The Morgan fingerprint density at radius 3 is 1.92 bits per heavy atom. The van der Waals surface area contributed by atoms with Gasteiger partial charge >= 0.3 is 0 Å². The third kappa shape index (κ3) is 6.05. The highest BCUT2D eigenvalue weighted by molar-refractivity contribution is 4.67. The summed E-state index contributed by atoms with van der Waals surface area (Å²) in [6, 6.07) is 1.31. The summed E-state index contributed by atoms with van der Waals surface area (Å²) in [4.78, 5) is 2.52. The van der Waals surface area contributed by atoms with E-state index in [0.29, 0.717) is 12.1 Å². The summed E-state index contributed by atoms with van der Waals surface area (Å²) in [6.45, 7) is 14.7. The summed E-state index contributed by atoms with van der Waals surface area (Å²) in [5.41, 5.74) is 0. The largest absolute Gasteiger partial charge is 0.315 e. The average molecular weight is 186 g/mol. The molecular weight excluding hydrogens is 160 g/mol. The summed E-state index contributed by atoms with van der Waals surface area (Å²) >= 11 is 0. The molecule has 13 heavy (non-hydrogen) atoms. The van der Waals surface area contributed by atoms with Crippen LogP contribution in [-0.2, 0) is 0 Å². The van der Waals surface area contributed by atoms with Gasteiger partial charge in [-0.15, -0.1) is 0 Å². The van der Waals surface area contributed by atoms with E-state index in [2.05, 4.69) is 44.8 Å². The lowest BCUT2D eigenvalue weighted by molar-refractivity contribution is 0.176. The van der Waals surface area contributed by atoms with Gasteiger partial charge in [0.2, 0.25) is 0 Å². The van der Waals surface area contributed by atoms with E-state index in [-0.39, 0.29) is 0 Å². The molecule has 1 N–H and O–H groups in total. The van der Waals surface area contributed by atoms with Gasteiger partial charge in [0.25, 0.3) is 0 Å².